The van der Waals surface area contributed by atoms with Gasteiger partial charge in [0.25, 0.3) is 0 Å². The molecule has 1 aliphatic rings. The molecule has 1 aliphatic carbocycles. The van der Waals surface area contributed by atoms with Crippen LogP contribution < -0.4 is 10.6 Å². The van der Waals surface area contributed by atoms with E-state index < -0.39 is 0 Å². The summed E-state index contributed by atoms with van der Waals surface area (Å²) in [5.74, 6) is 0.638. The van der Waals surface area contributed by atoms with E-state index >= 15 is 0 Å². The zero-order chi connectivity index (χ0) is 17.4. The second kappa shape index (κ2) is 10.0. The number of amides is 2. The van der Waals surface area contributed by atoms with Crippen molar-refractivity contribution in [3.05, 3.63) is 22.4 Å². The molecule has 2 amide bonds. The van der Waals surface area contributed by atoms with Crippen LogP contribution in [0.2, 0.25) is 0 Å². The average Bonchev–Trinajstić information content (AvgIpc) is 3.07. The van der Waals surface area contributed by atoms with Gasteiger partial charge >= 0.3 is 6.03 Å². The first-order valence-corrected chi connectivity index (χ1v) is 9.84. The molecule has 1 heterocycles. The van der Waals surface area contributed by atoms with Gasteiger partial charge in [0.15, 0.2) is 0 Å². The van der Waals surface area contributed by atoms with Crippen LogP contribution in [-0.2, 0) is 4.74 Å². The van der Waals surface area contributed by atoms with Gasteiger partial charge in [-0.25, -0.2) is 4.79 Å². The normalized spacial score (nSPS) is 22.3. The Labute approximate surface area is 149 Å². The highest BCUT2D eigenvalue weighted by Gasteiger charge is 2.21. The highest BCUT2D eigenvalue weighted by molar-refractivity contribution is 7.07. The van der Waals surface area contributed by atoms with Crippen molar-refractivity contribution >= 4 is 17.4 Å². The molecule has 3 atom stereocenters. The largest absolute Gasteiger partial charge is 0.376 e. The van der Waals surface area contributed by atoms with Crippen LogP contribution in [0.1, 0.15) is 44.2 Å². The summed E-state index contributed by atoms with van der Waals surface area (Å²) < 4.78 is 5.92. The molecule has 0 aliphatic heterocycles. The Kier molecular flexibility index (Phi) is 8.02. The lowest BCUT2D eigenvalue weighted by atomic mass is 9.88. The maximum absolute atomic E-state index is 12.0. The lowest BCUT2D eigenvalue weighted by Crippen LogP contribution is -2.42. The Bertz CT molecular complexity index is 479. The molecule has 1 aromatic rings. The van der Waals surface area contributed by atoms with Crippen molar-refractivity contribution in [3.8, 4) is 0 Å². The molecular weight excluding hydrogens is 322 g/mol. The zero-order valence-electron chi connectivity index (χ0n) is 15.1. The summed E-state index contributed by atoms with van der Waals surface area (Å²) >= 11 is 1.68. The second-order valence-electron chi connectivity index (χ2n) is 6.84. The summed E-state index contributed by atoms with van der Waals surface area (Å²) in [7, 11) is 4.06. The van der Waals surface area contributed by atoms with Crippen LogP contribution in [0.25, 0.3) is 0 Å². The first-order valence-electron chi connectivity index (χ1n) is 8.89. The lowest BCUT2D eigenvalue weighted by molar-refractivity contribution is -0.00243. The van der Waals surface area contributed by atoms with Gasteiger partial charge in [-0.1, -0.05) is 19.8 Å². The van der Waals surface area contributed by atoms with Crippen LogP contribution in [0.15, 0.2) is 16.8 Å². The van der Waals surface area contributed by atoms with Crippen LogP contribution in [0, 0.1) is 5.92 Å². The third kappa shape index (κ3) is 6.07. The Morgan fingerprint density at radius 2 is 2.17 bits per heavy atom. The smallest absolute Gasteiger partial charge is 0.314 e. The molecule has 5 nitrogen and oxygen atoms in total. The van der Waals surface area contributed by atoms with Gasteiger partial charge in [-0.2, -0.15) is 11.3 Å². The van der Waals surface area contributed by atoms with Crippen molar-refractivity contribution in [1.82, 2.24) is 15.5 Å². The van der Waals surface area contributed by atoms with E-state index in [4.69, 9.17) is 4.74 Å². The molecule has 6 heteroatoms. The third-order valence-electron chi connectivity index (χ3n) is 4.76. The maximum Gasteiger partial charge on any atom is 0.314 e. The fourth-order valence-electron chi connectivity index (χ4n) is 3.22. The number of hydrogen-bond donors (Lipinski definition) is 2. The van der Waals surface area contributed by atoms with E-state index in [2.05, 4.69) is 39.3 Å². The number of carbonyl (C=O) groups is 1. The molecule has 3 unspecified atom stereocenters. The first-order chi connectivity index (χ1) is 11.6. The minimum atomic E-state index is -0.127. The molecule has 2 rings (SSSR count). The van der Waals surface area contributed by atoms with Crippen LogP contribution in [0.3, 0.4) is 0 Å². The molecular formula is C18H31N3O2S. The lowest BCUT2D eigenvalue weighted by Gasteiger charge is -2.28. The third-order valence-corrected chi connectivity index (χ3v) is 5.46. The van der Waals surface area contributed by atoms with E-state index in [1.807, 2.05) is 14.1 Å². The van der Waals surface area contributed by atoms with Crippen molar-refractivity contribution < 1.29 is 9.53 Å². The summed E-state index contributed by atoms with van der Waals surface area (Å²) in [5, 5.41) is 10.0. The fraction of sp³-hybridized carbons (Fsp3) is 0.722. The van der Waals surface area contributed by atoms with E-state index in [1.165, 1.54) is 24.8 Å². The molecule has 1 fully saturated rings. The van der Waals surface area contributed by atoms with Crippen molar-refractivity contribution in [2.24, 2.45) is 5.92 Å². The van der Waals surface area contributed by atoms with Gasteiger partial charge in [0.1, 0.15) is 0 Å². The highest BCUT2D eigenvalue weighted by atomic mass is 32.1. The number of urea groups is 1. The van der Waals surface area contributed by atoms with E-state index in [-0.39, 0.29) is 12.1 Å². The Hall–Kier alpha value is -1.11. The predicted octanol–water partition coefficient (Wildman–Crippen LogP) is 3.25. The monoisotopic (exact) mass is 353 g/mol. The maximum atomic E-state index is 12.0. The number of ether oxygens (including phenoxy) is 1. The quantitative estimate of drug-likeness (QED) is 0.706. The van der Waals surface area contributed by atoms with Crippen molar-refractivity contribution in [2.45, 2.75) is 44.8 Å². The number of likely N-dealkylation sites (N-methyl/N-ethyl adjacent to an activating group) is 1. The molecule has 1 aromatic heterocycles. The number of carbonyl (C=O) groups excluding carboxylic acids is 1. The minimum absolute atomic E-state index is 0.127. The summed E-state index contributed by atoms with van der Waals surface area (Å²) in [5.41, 5.74) is 1.24. The first kappa shape index (κ1) is 19.2. The van der Waals surface area contributed by atoms with Gasteiger partial charge < -0.3 is 20.3 Å². The number of thiophene rings is 1. The Morgan fingerprint density at radius 3 is 2.83 bits per heavy atom. The molecule has 0 saturated heterocycles. The van der Waals surface area contributed by atoms with Crippen molar-refractivity contribution in [3.63, 3.8) is 0 Å². The summed E-state index contributed by atoms with van der Waals surface area (Å²) in [4.78, 5) is 14.1. The van der Waals surface area contributed by atoms with Gasteiger partial charge in [-0.15, -0.1) is 0 Å². The van der Waals surface area contributed by atoms with Crippen LogP contribution in [0.5, 0.6) is 0 Å². The van der Waals surface area contributed by atoms with E-state index in [1.54, 1.807) is 11.3 Å². The van der Waals surface area contributed by atoms with Gasteiger partial charge in [0.05, 0.1) is 18.8 Å². The molecule has 2 N–H and O–H groups in total. The number of nitrogens with zero attached hydrogens (tertiary/aromatic N) is 1. The molecule has 1 saturated carbocycles. The highest BCUT2D eigenvalue weighted by Crippen LogP contribution is 2.26. The number of rotatable bonds is 8. The van der Waals surface area contributed by atoms with E-state index in [0.29, 0.717) is 31.7 Å². The van der Waals surface area contributed by atoms with Gasteiger partial charge in [-0.05, 0) is 55.2 Å². The molecule has 24 heavy (non-hydrogen) atoms. The second-order valence-corrected chi connectivity index (χ2v) is 7.62. The molecule has 136 valence electrons. The topological polar surface area (TPSA) is 53.6 Å². The van der Waals surface area contributed by atoms with Crippen molar-refractivity contribution in [1.29, 1.82) is 0 Å². The van der Waals surface area contributed by atoms with Crippen LogP contribution >= 0.6 is 11.3 Å². The van der Waals surface area contributed by atoms with Crippen LogP contribution in [0.4, 0.5) is 4.79 Å². The Balaban J connectivity index is 1.62. The number of hydrogen-bond acceptors (Lipinski definition) is 4. The summed E-state index contributed by atoms with van der Waals surface area (Å²) in [6.45, 7) is 4.00. The van der Waals surface area contributed by atoms with E-state index in [9.17, 15) is 4.79 Å². The number of nitrogens with one attached hydrogen (secondary N) is 2. The summed E-state index contributed by atoms with van der Waals surface area (Å²) in [6, 6.07) is 2.17. The average molecular weight is 354 g/mol. The Morgan fingerprint density at radius 1 is 1.38 bits per heavy atom. The van der Waals surface area contributed by atoms with Gasteiger partial charge in [0, 0.05) is 13.1 Å². The molecule has 0 radical (unpaired) electrons. The van der Waals surface area contributed by atoms with Crippen molar-refractivity contribution in [2.75, 3.05) is 33.8 Å². The molecule has 0 aromatic carbocycles. The predicted molar refractivity (Wildman–Crippen MR) is 99.5 cm³/mol. The SMILES string of the molecule is CC1CCCCC1OCCNC(=O)NCC(c1ccsc1)N(C)C. The van der Waals surface area contributed by atoms with Gasteiger partial charge in [-0.3, -0.25) is 0 Å². The minimum Gasteiger partial charge on any atom is -0.376 e. The standard InChI is InChI=1S/C18H31N3O2S/c1-14-6-4-5-7-17(14)23-10-9-19-18(22)20-12-16(21(2)3)15-8-11-24-13-15/h8,11,13-14,16-17H,4-7,9-10,12H2,1-3H3,(H2,19,20,22). The molecule has 0 spiro atoms. The van der Waals surface area contributed by atoms with Gasteiger partial charge in [0.2, 0.25) is 0 Å². The fourth-order valence-corrected chi connectivity index (χ4v) is 3.93. The van der Waals surface area contributed by atoms with E-state index in [0.717, 1.165) is 6.42 Å². The zero-order valence-corrected chi connectivity index (χ0v) is 15.9. The summed E-state index contributed by atoms with van der Waals surface area (Å²) in [6.07, 6.45) is 5.35. The molecule has 0 bridgehead atoms. The van der Waals surface area contributed by atoms with Crippen LogP contribution in [-0.4, -0.2) is 50.8 Å².